The fourth-order valence-electron chi connectivity index (χ4n) is 3.97. The number of imidazole rings is 1. The Balaban J connectivity index is 1.44. The molecule has 0 unspecified atom stereocenters. The van der Waals surface area contributed by atoms with Gasteiger partial charge in [-0.15, -0.1) is 0 Å². The maximum Gasteiger partial charge on any atom is 0.244 e. The van der Waals surface area contributed by atoms with Gasteiger partial charge in [-0.1, -0.05) is 42.0 Å². The summed E-state index contributed by atoms with van der Waals surface area (Å²) in [5.41, 5.74) is 7.40. The number of carbonyl (C=O) groups excluding carboxylic acids is 1. The van der Waals surface area contributed by atoms with Crippen molar-refractivity contribution in [1.82, 2.24) is 24.6 Å². The van der Waals surface area contributed by atoms with Crippen molar-refractivity contribution in [3.63, 3.8) is 0 Å². The summed E-state index contributed by atoms with van der Waals surface area (Å²) in [5.74, 6) is 0.707. The number of para-hydroxylation sites is 2. The predicted molar refractivity (Wildman–Crippen MR) is 128 cm³/mol. The lowest BCUT2D eigenvalue weighted by Gasteiger charge is -2.06. The summed E-state index contributed by atoms with van der Waals surface area (Å²) in [5, 5.41) is 7.63. The van der Waals surface area contributed by atoms with Crippen LogP contribution in [0.15, 0.2) is 54.6 Å². The Morgan fingerprint density at radius 3 is 2.56 bits per heavy atom. The van der Waals surface area contributed by atoms with E-state index < -0.39 is 0 Å². The summed E-state index contributed by atoms with van der Waals surface area (Å²) in [6.07, 6.45) is 3.42. The minimum Gasteiger partial charge on any atom is -0.345 e. The van der Waals surface area contributed by atoms with Gasteiger partial charge in [0.1, 0.15) is 5.82 Å². The Morgan fingerprint density at radius 1 is 1.06 bits per heavy atom. The molecule has 1 N–H and O–H groups in total. The molecule has 32 heavy (non-hydrogen) atoms. The van der Waals surface area contributed by atoms with Crippen LogP contribution >= 0.6 is 0 Å². The molecular weight excluding hydrogens is 398 g/mol. The molecule has 4 aromatic rings. The molecule has 0 saturated heterocycles. The second-order valence-corrected chi connectivity index (χ2v) is 8.04. The molecule has 0 fully saturated rings. The summed E-state index contributed by atoms with van der Waals surface area (Å²) in [4.78, 5) is 17.2. The third kappa shape index (κ3) is 4.49. The van der Waals surface area contributed by atoms with E-state index in [1.54, 1.807) is 6.08 Å². The number of hydrogen-bond acceptors (Lipinski definition) is 3. The number of fused-ring (bicyclic) bond motifs is 1. The number of aryl methyl sites for hydroxylation is 3. The zero-order valence-electron chi connectivity index (χ0n) is 19.1. The maximum atomic E-state index is 12.5. The van der Waals surface area contributed by atoms with Gasteiger partial charge in [0.15, 0.2) is 0 Å². The van der Waals surface area contributed by atoms with Crippen LogP contribution in [0.5, 0.6) is 0 Å². The van der Waals surface area contributed by atoms with Crippen LogP contribution < -0.4 is 5.32 Å². The molecule has 0 aliphatic carbocycles. The molecule has 6 heteroatoms. The smallest absolute Gasteiger partial charge is 0.244 e. The van der Waals surface area contributed by atoms with Gasteiger partial charge in [-0.2, -0.15) is 5.10 Å². The fourth-order valence-corrected chi connectivity index (χ4v) is 3.97. The molecular formula is C26H29N5O. The Hall–Kier alpha value is -3.67. The first kappa shape index (κ1) is 21.6. The third-order valence-corrected chi connectivity index (χ3v) is 5.76. The Bertz CT molecular complexity index is 1280. The van der Waals surface area contributed by atoms with E-state index in [4.69, 9.17) is 0 Å². The molecule has 2 heterocycles. The van der Waals surface area contributed by atoms with Crippen molar-refractivity contribution in [3.8, 4) is 0 Å². The van der Waals surface area contributed by atoms with Gasteiger partial charge in [0.2, 0.25) is 5.91 Å². The summed E-state index contributed by atoms with van der Waals surface area (Å²) in [6.45, 7) is 10.1. The number of hydrogen-bond donors (Lipinski definition) is 1. The number of carbonyl (C=O) groups is 1. The highest BCUT2D eigenvalue weighted by Gasteiger charge is 2.11. The van der Waals surface area contributed by atoms with Gasteiger partial charge >= 0.3 is 0 Å². The lowest BCUT2D eigenvalue weighted by atomic mass is 10.1. The van der Waals surface area contributed by atoms with Crippen LogP contribution in [-0.2, 0) is 24.4 Å². The Kier molecular flexibility index (Phi) is 6.21. The average molecular weight is 428 g/mol. The van der Waals surface area contributed by atoms with Crippen LogP contribution in [0, 0.1) is 20.8 Å². The summed E-state index contributed by atoms with van der Waals surface area (Å²) in [6, 6.07) is 16.5. The first-order valence-corrected chi connectivity index (χ1v) is 11.0. The normalized spacial score (nSPS) is 11.5. The summed E-state index contributed by atoms with van der Waals surface area (Å²) in [7, 11) is 0. The quantitative estimate of drug-likeness (QED) is 0.440. The predicted octanol–water partition coefficient (Wildman–Crippen LogP) is 4.56. The van der Waals surface area contributed by atoms with Crippen molar-refractivity contribution < 1.29 is 4.79 Å². The van der Waals surface area contributed by atoms with Crippen molar-refractivity contribution in [3.05, 3.63) is 88.5 Å². The van der Waals surface area contributed by atoms with Gasteiger partial charge < -0.3 is 9.88 Å². The molecule has 0 saturated carbocycles. The summed E-state index contributed by atoms with van der Waals surface area (Å²) >= 11 is 0. The van der Waals surface area contributed by atoms with Gasteiger partial charge in [0.25, 0.3) is 0 Å². The minimum absolute atomic E-state index is 0.148. The molecule has 0 spiro atoms. The lowest BCUT2D eigenvalue weighted by molar-refractivity contribution is -0.116. The van der Waals surface area contributed by atoms with Crippen molar-refractivity contribution in [2.45, 2.75) is 47.3 Å². The number of aromatic nitrogens is 4. The van der Waals surface area contributed by atoms with Crippen LogP contribution in [0.1, 0.15) is 40.8 Å². The highest BCUT2D eigenvalue weighted by atomic mass is 16.1. The van der Waals surface area contributed by atoms with Crippen LogP contribution in [0.3, 0.4) is 0 Å². The van der Waals surface area contributed by atoms with Crippen LogP contribution in [-0.4, -0.2) is 25.2 Å². The zero-order valence-corrected chi connectivity index (χ0v) is 19.1. The Labute approximate surface area is 188 Å². The van der Waals surface area contributed by atoms with Crippen LogP contribution in [0.4, 0.5) is 0 Å². The largest absolute Gasteiger partial charge is 0.345 e. The fraction of sp³-hybridized carbons (Fsp3) is 0.269. The number of benzene rings is 2. The SMILES string of the molecule is CCn1c(CNC(=O)/C=C/c2c(C)nn(Cc3ccc(C)cc3)c2C)nc2ccccc21. The minimum atomic E-state index is -0.148. The number of nitrogens with one attached hydrogen (secondary N) is 1. The molecule has 2 aromatic heterocycles. The monoisotopic (exact) mass is 427 g/mol. The highest BCUT2D eigenvalue weighted by molar-refractivity contribution is 5.92. The van der Waals surface area contributed by atoms with Crippen molar-refractivity contribution >= 4 is 23.0 Å². The average Bonchev–Trinajstić information content (AvgIpc) is 3.28. The highest BCUT2D eigenvalue weighted by Crippen LogP contribution is 2.18. The first-order chi connectivity index (χ1) is 15.5. The summed E-state index contributed by atoms with van der Waals surface area (Å²) < 4.78 is 4.11. The van der Waals surface area contributed by atoms with Crippen LogP contribution in [0.2, 0.25) is 0 Å². The molecule has 6 nitrogen and oxygen atoms in total. The van der Waals surface area contributed by atoms with E-state index in [-0.39, 0.29) is 5.91 Å². The zero-order chi connectivity index (χ0) is 22.7. The molecule has 1 amide bonds. The van der Waals surface area contributed by atoms with Crippen LogP contribution in [0.25, 0.3) is 17.1 Å². The maximum absolute atomic E-state index is 12.5. The van der Waals surface area contributed by atoms with Gasteiger partial charge in [0, 0.05) is 23.9 Å². The van der Waals surface area contributed by atoms with Crippen molar-refractivity contribution in [1.29, 1.82) is 0 Å². The first-order valence-electron chi connectivity index (χ1n) is 11.0. The topological polar surface area (TPSA) is 64.7 Å². The molecule has 0 aliphatic rings. The van der Waals surface area contributed by atoms with E-state index in [1.165, 1.54) is 11.1 Å². The van der Waals surface area contributed by atoms with E-state index in [1.807, 2.05) is 42.8 Å². The molecule has 0 bridgehead atoms. The van der Waals surface area contributed by atoms with E-state index in [9.17, 15) is 4.79 Å². The van der Waals surface area contributed by atoms with E-state index in [2.05, 4.69) is 64.1 Å². The second-order valence-electron chi connectivity index (χ2n) is 8.04. The molecule has 4 rings (SSSR count). The molecule has 164 valence electrons. The van der Waals surface area contributed by atoms with E-state index in [0.29, 0.717) is 13.1 Å². The van der Waals surface area contributed by atoms with Gasteiger partial charge in [0.05, 0.1) is 29.8 Å². The van der Waals surface area contributed by atoms with Gasteiger partial charge in [-0.3, -0.25) is 9.48 Å². The van der Waals surface area contributed by atoms with E-state index >= 15 is 0 Å². The van der Waals surface area contributed by atoms with Gasteiger partial charge in [-0.25, -0.2) is 4.98 Å². The third-order valence-electron chi connectivity index (χ3n) is 5.76. The molecule has 0 atom stereocenters. The number of nitrogens with zero attached hydrogens (tertiary/aromatic N) is 4. The molecule has 0 radical (unpaired) electrons. The standard InChI is InChI=1S/C26H29N5O/c1-5-30-24-9-7-6-8-23(24)28-25(30)16-27-26(32)15-14-22-19(3)29-31(20(22)4)17-21-12-10-18(2)11-13-21/h6-15H,5,16-17H2,1-4H3,(H,27,32)/b15-14+. The number of rotatable bonds is 7. The molecule has 2 aromatic carbocycles. The van der Waals surface area contributed by atoms with Gasteiger partial charge in [-0.05, 0) is 51.5 Å². The molecule has 0 aliphatic heterocycles. The van der Waals surface area contributed by atoms with E-state index in [0.717, 1.165) is 40.4 Å². The van der Waals surface area contributed by atoms with Crippen molar-refractivity contribution in [2.24, 2.45) is 0 Å². The second kappa shape index (κ2) is 9.22. The Morgan fingerprint density at radius 2 is 1.81 bits per heavy atom. The lowest BCUT2D eigenvalue weighted by Crippen LogP contribution is -2.22. The van der Waals surface area contributed by atoms with Crippen molar-refractivity contribution in [2.75, 3.05) is 0 Å². The number of amides is 1.